The Kier molecular flexibility index (Phi) is 3.11. The predicted octanol–water partition coefficient (Wildman–Crippen LogP) is 2.22. The van der Waals surface area contributed by atoms with Crippen LogP contribution >= 0.6 is 0 Å². The minimum Gasteiger partial charge on any atom is -0.488 e. The van der Waals surface area contributed by atoms with Gasteiger partial charge in [-0.2, -0.15) is 0 Å². The molecule has 0 saturated heterocycles. The van der Waals surface area contributed by atoms with Gasteiger partial charge in [-0.1, -0.05) is 6.42 Å². The van der Waals surface area contributed by atoms with Gasteiger partial charge in [0.25, 0.3) is 5.56 Å². The van der Waals surface area contributed by atoms with Crippen LogP contribution in [-0.4, -0.2) is 16.1 Å². The number of fused-ring (bicyclic) bond motifs is 1. The lowest BCUT2D eigenvalue weighted by molar-refractivity contribution is 0.156. The van der Waals surface area contributed by atoms with Crippen molar-refractivity contribution in [1.29, 1.82) is 0 Å². The van der Waals surface area contributed by atoms with Crippen molar-refractivity contribution in [3.05, 3.63) is 28.7 Å². The Morgan fingerprint density at radius 3 is 2.84 bits per heavy atom. The van der Waals surface area contributed by atoms with E-state index in [9.17, 15) is 4.79 Å². The van der Waals surface area contributed by atoms with E-state index in [1.54, 1.807) is 12.1 Å². The molecular weight excluding hydrogens is 242 g/mol. The number of hydrogen-bond acceptors (Lipinski definition) is 4. The summed E-state index contributed by atoms with van der Waals surface area (Å²) in [6.45, 7) is 0. The van der Waals surface area contributed by atoms with E-state index in [-0.39, 0.29) is 11.7 Å². The molecule has 5 heteroatoms. The van der Waals surface area contributed by atoms with Gasteiger partial charge in [0.1, 0.15) is 5.75 Å². The molecule has 1 aromatic carbocycles. The number of nitrogens with one attached hydrogen (secondary N) is 1. The van der Waals surface area contributed by atoms with Crippen molar-refractivity contribution < 1.29 is 4.74 Å². The highest BCUT2D eigenvalue weighted by atomic mass is 16.5. The molecule has 0 bridgehead atoms. The van der Waals surface area contributed by atoms with Crippen LogP contribution in [0.2, 0.25) is 0 Å². The van der Waals surface area contributed by atoms with Crippen LogP contribution in [0.25, 0.3) is 11.0 Å². The molecule has 0 amide bonds. The molecule has 1 heterocycles. The Balaban J connectivity index is 1.92. The van der Waals surface area contributed by atoms with Crippen molar-refractivity contribution in [3.63, 3.8) is 0 Å². The Morgan fingerprint density at radius 2 is 2.05 bits per heavy atom. The fourth-order valence-electron chi connectivity index (χ4n) is 2.55. The van der Waals surface area contributed by atoms with Crippen LogP contribution in [0.5, 0.6) is 5.75 Å². The second-order valence-electron chi connectivity index (χ2n) is 5.03. The van der Waals surface area contributed by atoms with Crippen LogP contribution in [0, 0.1) is 0 Å². The van der Waals surface area contributed by atoms with Crippen LogP contribution in [0.3, 0.4) is 0 Å². The first-order chi connectivity index (χ1) is 9.22. The first-order valence-corrected chi connectivity index (χ1v) is 6.67. The molecule has 1 aromatic heterocycles. The number of aromatic amines is 1. The molecular formula is C14H17N3O2. The molecule has 0 spiro atoms. The van der Waals surface area contributed by atoms with Crippen molar-refractivity contribution in [1.82, 2.24) is 9.97 Å². The van der Waals surface area contributed by atoms with Crippen LogP contribution in [0.1, 0.15) is 32.1 Å². The fraction of sp³-hybridized carbons (Fsp3) is 0.429. The maximum atomic E-state index is 11.2. The molecule has 1 aliphatic rings. The van der Waals surface area contributed by atoms with Crippen molar-refractivity contribution in [2.24, 2.45) is 0 Å². The quantitative estimate of drug-likeness (QED) is 0.810. The average Bonchev–Trinajstić information content (AvgIpc) is 2.41. The summed E-state index contributed by atoms with van der Waals surface area (Å²) < 4.78 is 5.97. The van der Waals surface area contributed by atoms with E-state index in [4.69, 9.17) is 10.5 Å². The third kappa shape index (κ3) is 2.54. The molecule has 1 fully saturated rings. The smallest absolute Gasteiger partial charge is 0.266 e. The van der Waals surface area contributed by atoms with Crippen LogP contribution in [-0.2, 0) is 0 Å². The first kappa shape index (κ1) is 12.0. The second kappa shape index (κ2) is 4.91. The Bertz CT molecular complexity index is 645. The molecule has 2 aromatic rings. The number of benzene rings is 1. The van der Waals surface area contributed by atoms with E-state index >= 15 is 0 Å². The molecule has 0 aliphatic heterocycles. The molecule has 1 saturated carbocycles. The summed E-state index contributed by atoms with van der Waals surface area (Å²) in [6.07, 6.45) is 7.38. The third-order valence-corrected chi connectivity index (χ3v) is 3.55. The van der Waals surface area contributed by atoms with Crippen LogP contribution in [0.15, 0.2) is 23.1 Å². The highest BCUT2D eigenvalue weighted by Gasteiger charge is 2.16. The molecule has 5 nitrogen and oxygen atoms in total. The van der Waals surface area contributed by atoms with E-state index in [0.717, 1.165) is 12.8 Å². The summed E-state index contributed by atoms with van der Waals surface area (Å²) in [5, 5.41) is 0. The number of nitrogen functional groups attached to an aromatic ring is 1. The third-order valence-electron chi connectivity index (χ3n) is 3.55. The Hall–Kier alpha value is -2.04. The maximum Gasteiger partial charge on any atom is 0.266 e. The van der Waals surface area contributed by atoms with E-state index in [1.807, 2.05) is 0 Å². The molecule has 3 N–H and O–H groups in total. The lowest BCUT2D eigenvalue weighted by Gasteiger charge is -2.23. The highest BCUT2D eigenvalue weighted by Crippen LogP contribution is 2.29. The van der Waals surface area contributed by atoms with E-state index in [0.29, 0.717) is 22.5 Å². The first-order valence-electron chi connectivity index (χ1n) is 6.67. The van der Waals surface area contributed by atoms with Crippen LogP contribution in [0.4, 0.5) is 5.69 Å². The molecule has 1 aliphatic carbocycles. The average molecular weight is 259 g/mol. The molecule has 19 heavy (non-hydrogen) atoms. The van der Waals surface area contributed by atoms with Gasteiger partial charge in [-0.05, 0) is 31.7 Å². The van der Waals surface area contributed by atoms with Crippen molar-refractivity contribution in [3.8, 4) is 5.75 Å². The Morgan fingerprint density at radius 1 is 1.26 bits per heavy atom. The number of nitrogens with two attached hydrogens (primary N) is 1. The van der Waals surface area contributed by atoms with Gasteiger partial charge < -0.3 is 15.5 Å². The predicted molar refractivity (Wildman–Crippen MR) is 74.3 cm³/mol. The van der Waals surface area contributed by atoms with Gasteiger partial charge in [-0.15, -0.1) is 0 Å². The van der Waals surface area contributed by atoms with Gasteiger partial charge in [-0.3, -0.25) is 4.79 Å². The Labute approximate surface area is 110 Å². The number of hydrogen-bond donors (Lipinski definition) is 2. The van der Waals surface area contributed by atoms with E-state index in [2.05, 4.69) is 9.97 Å². The summed E-state index contributed by atoms with van der Waals surface area (Å²) in [5.41, 5.74) is 7.63. The minimum absolute atomic E-state index is 0.229. The number of aromatic nitrogens is 2. The van der Waals surface area contributed by atoms with Gasteiger partial charge in [0.15, 0.2) is 0 Å². The molecule has 0 radical (unpaired) electrons. The largest absolute Gasteiger partial charge is 0.488 e. The highest BCUT2D eigenvalue weighted by molar-refractivity contribution is 5.81. The lowest BCUT2D eigenvalue weighted by atomic mass is 9.98. The number of ether oxygens (including phenoxy) is 1. The monoisotopic (exact) mass is 259 g/mol. The molecule has 100 valence electrons. The van der Waals surface area contributed by atoms with E-state index in [1.165, 1.54) is 25.5 Å². The fourth-order valence-corrected chi connectivity index (χ4v) is 2.55. The van der Waals surface area contributed by atoms with Gasteiger partial charge in [0.2, 0.25) is 0 Å². The summed E-state index contributed by atoms with van der Waals surface area (Å²) in [6, 6.07) is 3.51. The zero-order chi connectivity index (χ0) is 13.2. The maximum absolute atomic E-state index is 11.2. The molecule has 3 rings (SSSR count). The number of nitrogens with zero attached hydrogens (tertiary/aromatic N) is 1. The molecule has 0 atom stereocenters. The molecule has 0 unspecified atom stereocenters. The number of anilines is 1. The lowest BCUT2D eigenvalue weighted by Crippen LogP contribution is -2.20. The number of rotatable bonds is 2. The summed E-state index contributed by atoms with van der Waals surface area (Å²) in [7, 11) is 0. The number of H-pyrrole nitrogens is 1. The van der Waals surface area contributed by atoms with Crippen LogP contribution < -0.4 is 16.0 Å². The SMILES string of the molecule is Nc1cc2[nH]c(=O)cnc2cc1OC1CCCCC1. The zero-order valence-electron chi connectivity index (χ0n) is 10.7. The van der Waals surface area contributed by atoms with Gasteiger partial charge in [0, 0.05) is 6.07 Å². The van der Waals surface area contributed by atoms with Crippen molar-refractivity contribution in [2.75, 3.05) is 5.73 Å². The van der Waals surface area contributed by atoms with Gasteiger partial charge in [-0.25, -0.2) is 4.98 Å². The minimum atomic E-state index is -0.229. The van der Waals surface area contributed by atoms with Crippen molar-refractivity contribution in [2.45, 2.75) is 38.2 Å². The standard InChI is InChI=1S/C14H17N3O2/c15-10-6-12-11(16-8-14(18)17-12)7-13(10)19-9-4-2-1-3-5-9/h6-9H,1-5,15H2,(H,17,18). The van der Waals surface area contributed by atoms with E-state index < -0.39 is 0 Å². The normalized spacial score (nSPS) is 16.6. The topological polar surface area (TPSA) is 81.0 Å². The summed E-state index contributed by atoms with van der Waals surface area (Å²) in [5.74, 6) is 0.666. The zero-order valence-corrected chi connectivity index (χ0v) is 10.7. The summed E-state index contributed by atoms with van der Waals surface area (Å²) >= 11 is 0. The van der Waals surface area contributed by atoms with Gasteiger partial charge in [0.05, 0.1) is 29.0 Å². The van der Waals surface area contributed by atoms with Crippen molar-refractivity contribution >= 4 is 16.7 Å². The van der Waals surface area contributed by atoms with Gasteiger partial charge >= 0.3 is 0 Å². The summed E-state index contributed by atoms with van der Waals surface area (Å²) in [4.78, 5) is 18.0. The second-order valence-corrected chi connectivity index (χ2v) is 5.03.